The van der Waals surface area contributed by atoms with Crippen molar-refractivity contribution in [3.05, 3.63) is 27.4 Å². The van der Waals surface area contributed by atoms with E-state index in [0.717, 1.165) is 25.7 Å². The topological polar surface area (TPSA) is 29.5 Å². The van der Waals surface area contributed by atoms with Gasteiger partial charge in [0.15, 0.2) is 0 Å². The molecule has 1 N–H and O–H groups in total. The number of hydrogen-bond donors (Lipinski definition) is 1. The lowest BCUT2D eigenvalue weighted by Crippen LogP contribution is -2.32. The quantitative estimate of drug-likeness (QED) is 0.854. The van der Waals surface area contributed by atoms with Crippen LogP contribution in [0.3, 0.4) is 0 Å². The van der Waals surface area contributed by atoms with Crippen LogP contribution in [0.25, 0.3) is 0 Å². The zero-order chi connectivity index (χ0) is 12.5. The van der Waals surface area contributed by atoms with Crippen LogP contribution in [0, 0.1) is 5.82 Å². The minimum Gasteiger partial charge on any atom is -0.489 e. The molecule has 1 aliphatic rings. The van der Waals surface area contributed by atoms with Crippen LogP contribution in [0.2, 0.25) is 5.02 Å². The lowest BCUT2D eigenvalue weighted by atomic mass is 10.0. The van der Waals surface area contributed by atoms with Crippen molar-refractivity contribution in [3.8, 4) is 5.75 Å². The third-order valence-corrected chi connectivity index (χ3v) is 3.91. The average Bonchev–Trinajstić information content (AvgIpc) is 2.69. The minimum atomic E-state index is -0.768. The van der Waals surface area contributed by atoms with Gasteiger partial charge in [-0.1, -0.05) is 24.4 Å². The second-order valence-electron chi connectivity index (χ2n) is 4.42. The Morgan fingerprint density at radius 2 is 2.06 bits per heavy atom. The molecule has 94 valence electrons. The molecule has 0 spiro atoms. The highest BCUT2D eigenvalue weighted by atomic mass is 79.9. The van der Waals surface area contributed by atoms with Crippen molar-refractivity contribution in [1.29, 1.82) is 0 Å². The van der Waals surface area contributed by atoms with E-state index in [-0.39, 0.29) is 11.6 Å². The molecule has 1 saturated carbocycles. The summed E-state index contributed by atoms with van der Waals surface area (Å²) in [5.41, 5.74) is -0.768. The monoisotopic (exact) mass is 322 g/mol. The normalized spacial score (nSPS) is 18.4. The Morgan fingerprint density at radius 1 is 1.41 bits per heavy atom. The highest BCUT2D eigenvalue weighted by molar-refractivity contribution is 9.10. The molecule has 0 radical (unpaired) electrons. The van der Waals surface area contributed by atoms with Crippen LogP contribution in [-0.2, 0) is 0 Å². The summed E-state index contributed by atoms with van der Waals surface area (Å²) in [6, 6.07) is 2.68. The summed E-state index contributed by atoms with van der Waals surface area (Å²) in [4.78, 5) is 0. The van der Waals surface area contributed by atoms with Crippen molar-refractivity contribution in [3.63, 3.8) is 0 Å². The molecule has 0 unspecified atom stereocenters. The molecule has 0 aliphatic heterocycles. The second kappa shape index (κ2) is 5.12. The maximum absolute atomic E-state index is 13.3. The predicted octanol–water partition coefficient (Wildman–Crippen LogP) is 3.93. The lowest BCUT2D eigenvalue weighted by molar-refractivity contribution is 0.00109. The minimum absolute atomic E-state index is 0.0452. The lowest BCUT2D eigenvalue weighted by Gasteiger charge is -2.22. The van der Waals surface area contributed by atoms with E-state index in [0.29, 0.717) is 10.2 Å². The second-order valence-corrected chi connectivity index (χ2v) is 5.68. The van der Waals surface area contributed by atoms with Crippen molar-refractivity contribution >= 4 is 27.5 Å². The summed E-state index contributed by atoms with van der Waals surface area (Å²) in [6.45, 7) is 0.187. The first-order chi connectivity index (χ1) is 8.00. The van der Waals surface area contributed by atoms with Gasteiger partial charge in [-0.15, -0.1) is 0 Å². The number of hydrogen-bond acceptors (Lipinski definition) is 2. The fourth-order valence-electron chi connectivity index (χ4n) is 2.00. The maximum atomic E-state index is 13.3. The van der Waals surface area contributed by atoms with E-state index in [1.807, 2.05) is 0 Å². The predicted molar refractivity (Wildman–Crippen MR) is 68.0 cm³/mol. The average molecular weight is 324 g/mol. The highest BCUT2D eigenvalue weighted by Gasteiger charge is 2.32. The third-order valence-electron chi connectivity index (χ3n) is 3.01. The summed E-state index contributed by atoms with van der Waals surface area (Å²) in [6.07, 6.45) is 3.49. The van der Waals surface area contributed by atoms with E-state index in [1.165, 1.54) is 12.1 Å². The van der Waals surface area contributed by atoms with Gasteiger partial charge in [0.2, 0.25) is 0 Å². The van der Waals surface area contributed by atoms with Gasteiger partial charge >= 0.3 is 0 Å². The van der Waals surface area contributed by atoms with Crippen LogP contribution >= 0.6 is 27.5 Å². The van der Waals surface area contributed by atoms with Gasteiger partial charge in [0.1, 0.15) is 18.2 Å². The van der Waals surface area contributed by atoms with Crippen LogP contribution in [0.15, 0.2) is 16.6 Å². The molecular formula is C12H13BrClFO2. The molecule has 0 bridgehead atoms. The van der Waals surface area contributed by atoms with Crippen molar-refractivity contribution in [2.24, 2.45) is 0 Å². The van der Waals surface area contributed by atoms with Crippen molar-refractivity contribution < 1.29 is 14.2 Å². The first kappa shape index (κ1) is 13.1. The zero-order valence-electron chi connectivity index (χ0n) is 9.18. The molecule has 5 heteroatoms. The van der Waals surface area contributed by atoms with E-state index in [9.17, 15) is 9.50 Å². The summed E-state index contributed by atoms with van der Waals surface area (Å²) >= 11 is 8.88. The summed E-state index contributed by atoms with van der Waals surface area (Å²) in [5.74, 6) is -0.157. The Bertz CT molecular complexity index is 419. The Kier molecular flexibility index (Phi) is 3.95. The molecule has 0 saturated heterocycles. The smallest absolute Gasteiger partial charge is 0.145 e. The molecule has 0 atom stereocenters. The molecule has 0 amide bonds. The zero-order valence-corrected chi connectivity index (χ0v) is 11.5. The Morgan fingerprint density at radius 3 is 2.71 bits per heavy atom. The van der Waals surface area contributed by atoms with Gasteiger partial charge in [-0.25, -0.2) is 4.39 Å². The summed E-state index contributed by atoms with van der Waals surface area (Å²) < 4.78 is 19.3. The fourth-order valence-corrected chi connectivity index (χ4v) is 2.76. The van der Waals surface area contributed by atoms with Gasteiger partial charge in [-0.3, -0.25) is 0 Å². The van der Waals surface area contributed by atoms with Crippen LogP contribution in [-0.4, -0.2) is 17.3 Å². The van der Waals surface area contributed by atoms with Gasteiger partial charge in [-0.2, -0.15) is 0 Å². The first-order valence-corrected chi connectivity index (χ1v) is 6.67. The first-order valence-electron chi connectivity index (χ1n) is 5.50. The van der Waals surface area contributed by atoms with E-state index >= 15 is 0 Å². The van der Waals surface area contributed by atoms with E-state index < -0.39 is 11.4 Å². The Balaban J connectivity index is 2.06. The Hall–Kier alpha value is -0.320. The molecule has 2 nitrogen and oxygen atoms in total. The SMILES string of the molecule is OC1(COc2cc(F)c(Cl)cc2Br)CCCC1. The maximum Gasteiger partial charge on any atom is 0.145 e. The molecule has 1 aromatic carbocycles. The number of benzene rings is 1. The van der Waals surface area contributed by atoms with E-state index in [4.69, 9.17) is 16.3 Å². The van der Waals surface area contributed by atoms with Crippen molar-refractivity contribution in [1.82, 2.24) is 0 Å². The van der Waals surface area contributed by atoms with E-state index in [1.54, 1.807) is 0 Å². The van der Waals surface area contributed by atoms with Gasteiger partial charge in [0, 0.05) is 6.07 Å². The third kappa shape index (κ3) is 3.12. The molecule has 0 heterocycles. The number of halogens is 3. The van der Waals surface area contributed by atoms with Gasteiger partial charge in [-0.05, 0) is 34.8 Å². The molecular weight excluding hydrogens is 310 g/mol. The summed E-state index contributed by atoms with van der Waals surface area (Å²) in [5, 5.41) is 10.2. The van der Waals surface area contributed by atoms with Crippen LogP contribution < -0.4 is 4.74 Å². The molecule has 1 fully saturated rings. The molecule has 1 aliphatic carbocycles. The van der Waals surface area contributed by atoms with Crippen LogP contribution in [0.4, 0.5) is 4.39 Å². The largest absolute Gasteiger partial charge is 0.489 e. The number of rotatable bonds is 3. The van der Waals surface area contributed by atoms with Crippen LogP contribution in [0.1, 0.15) is 25.7 Å². The number of ether oxygens (including phenoxy) is 1. The van der Waals surface area contributed by atoms with Crippen LogP contribution in [0.5, 0.6) is 5.75 Å². The molecule has 0 aromatic heterocycles. The van der Waals surface area contributed by atoms with Gasteiger partial charge in [0.25, 0.3) is 0 Å². The van der Waals surface area contributed by atoms with Crippen molar-refractivity contribution in [2.45, 2.75) is 31.3 Å². The molecule has 1 aromatic rings. The van der Waals surface area contributed by atoms with Gasteiger partial charge in [0.05, 0.1) is 15.1 Å². The van der Waals surface area contributed by atoms with Crippen molar-refractivity contribution in [2.75, 3.05) is 6.61 Å². The highest BCUT2D eigenvalue weighted by Crippen LogP contribution is 2.34. The fraction of sp³-hybridized carbons (Fsp3) is 0.500. The van der Waals surface area contributed by atoms with E-state index in [2.05, 4.69) is 15.9 Å². The summed E-state index contributed by atoms with van der Waals surface area (Å²) in [7, 11) is 0. The number of aliphatic hydroxyl groups is 1. The van der Waals surface area contributed by atoms with Gasteiger partial charge < -0.3 is 9.84 Å². The molecule has 2 rings (SSSR count). The molecule has 17 heavy (non-hydrogen) atoms. The Labute approximate surface area is 113 Å². The standard InChI is InChI=1S/C12H13BrClFO2/c13-8-5-9(14)10(15)6-11(8)17-7-12(16)3-1-2-4-12/h5-6,16H,1-4,7H2.